The molecule has 0 aliphatic rings. The van der Waals surface area contributed by atoms with Gasteiger partial charge in [-0.3, -0.25) is 0 Å². The number of nitriles is 1. The Morgan fingerprint density at radius 3 is 2.43 bits per heavy atom. The summed E-state index contributed by atoms with van der Waals surface area (Å²) < 4.78 is 63.4. The molecule has 0 aliphatic carbocycles. The van der Waals surface area contributed by atoms with E-state index >= 15 is 0 Å². The Morgan fingerprint density at radius 2 is 1.90 bits per heavy atom. The van der Waals surface area contributed by atoms with Crippen molar-refractivity contribution in [1.29, 1.82) is 5.26 Å². The second-order valence-corrected chi connectivity index (χ2v) is 8.26. The minimum Gasteiger partial charge on any atom is -0.212 e. The van der Waals surface area contributed by atoms with Gasteiger partial charge in [0.05, 0.1) is 5.75 Å². The number of sulfonamides is 2. The number of nitrogens with zero attached hydrogens (tertiary/aromatic N) is 2. The third kappa shape index (κ3) is 4.21. The summed E-state index contributed by atoms with van der Waals surface area (Å²) in [5.41, 5.74) is -0.611. The topological polar surface area (TPSA) is 107 Å². The van der Waals surface area contributed by atoms with Crippen LogP contribution in [0.3, 0.4) is 0 Å². The monoisotopic (exact) mass is 335 g/mol. The summed E-state index contributed by atoms with van der Waals surface area (Å²) in [6.45, 7) is -0.385. The van der Waals surface area contributed by atoms with Crippen molar-refractivity contribution in [3.8, 4) is 6.07 Å². The van der Waals surface area contributed by atoms with Crippen molar-refractivity contribution >= 4 is 20.0 Å². The van der Waals surface area contributed by atoms with Gasteiger partial charge < -0.3 is 0 Å². The Kier molecular flexibility index (Phi) is 5.41. The molecule has 0 saturated carbocycles. The zero-order chi connectivity index (χ0) is 16.3. The first-order chi connectivity index (χ1) is 9.62. The summed E-state index contributed by atoms with van der Waals surface area (Å²) in [5.74, 6) is -1.41. The molecule has 0 unspecified atom stereocenters. The Balaban J connectivity index is 2.95. The van der Waals surface area contributed by atoms with Gasteiger partial charge in [-0.2, -0.15) is 5.26 Å². The van der Waals surface area contributed by atoms with E-state index in [4.69, 9.17) is 5.26 Å². The molecule has 0 fully saturated rings. The van der Waals surface area contributed by atoms with Crippen molar-refractivity contribution in [1.82, 2.24) is 9.03 Å². The van der Waals surface area contributed by atoms with Crippen LogP contribution in [-0.2, 0) is 20.0 Å². The number of nitrogens with one attached hydrogen (secondary N) is 1. The van der Waals surface area contributed by atoms with Crippen LogP contribution in [0.15, 0.2) is 23.1 Å². The van der Waals surface area contributed by atoms with Gasteiger partial charge in [0.1, 0.15) is 22.3 Å². The fourth-order valence-electron chi connectivity index (χ4n) is 1.40. The van der Waals surface area contributed by atoms with E-state index in [2.05, 4.69) is 0 Å². The molecule has 0 radical (unpaired) electrons. The predicted molar refractivity (Wildman–Crippen MR) is 73.8 cm³/mol. The SMILES string of the molecule is CN(C)S(=O)(=O)CCNS(=O)(=O)c1cccc(F)c1C#N. The van der Waals surface area contributed by atoms with Gasteiger partial charge >= 0.3 is 0 Å². The fraction of sp³-hybridized carbons (Fsp3) is 0.364. The maximum Gasteiger partial charge on any atom is 0.242 e. The molecular formula is C11H14FN3O4S2. The smallest absolute Gasteiger partial charge is 0.212 e. The molecule has 10 heteroatoms. The highest BCUT2D eigenvalue weighted by molar-refractivity contribution is 7.90. The molecule has 0 heterocycles. The van der Waals surface area contributed by atoms with Crippen molar-refractivity contribution < 1.29 is 21.2 Å². The van der Waals surface area contributed by atoms with Crippen molar-refractivity contribution in [2.24, 2.45) is 0 Å². The van der Waals surface area contributed by atoms with Crippen LogP contribution in [-0.4, -0.2) is 47.5 Å². The van der Waals surface area contributed by atoms with Gasteiger partial charge in [0.25, 0.3) is 0 Å². The van der Waals surface area contributed by atoms with Gasteiger partial charge in [-0.05, 0) is 12.1 Å². The summed E-state index contributed by atoms with van der Waals surface area (Å²) in [4.78, 5) is -0.521. The third-order valence-corrected chi connectivity index (χ3v) is 5.92. The Labute approximate surface area is 123 Å². The second-order valence-electron chi connectivity index (χ2n) is 4.22. The molecule has 21 heavy (non-hydrogen) atoms. The molecule has 7 nitrogen and oxygen atoms in total. The van der Waals surface area contributed by atoms with Crippen LogP contribution in [0.25, 0.3) is 0 Å². The molecular weight excluding hydrogens is 321 g/mol. The average molecular weight is 335 g/mol. The first-order valence-corrected chi connectivity index (χ1v) is 8.79. The molecule has 0 atom stereocenters. The zero-order valence-electron chi connectivity index (χ0n) is 11.4. The van der Waals surface area contributed by atoms with E-state index in [1.54, 1.807) is 0 Å². The average Bonchev–Trinajstić information content (AvgIpc) is 2.37. The molecule has 0 aliphatic heterocycles. The summed E-state index contributed by atoms with van der Waals surface area (Å²) in [6.07, 6.45) is 0. The normalized spacial score (nSPS) is 12.3. The number of hydrogen-bond donors (Lipinski definition) is 1. The maximum atomic E-state index is 13.4. The van der Waals surface area contributed by atoms with Gasteiger partial charge in [-0.15, -0.1) is 0 Å². The molecule has 0 saturated heterocycles. The van der Waals surface area contributed by atoms with Gasteiger partial charge in [-0.1, -0.05) is 6.07 Å². The zero-order valence-corrected chi connectivity index (χ0v) is 13.0. The molecule has 0 spiro atoms. The Bertz CT molecular complexity index is 767. The minimum absolute atomic E-state index is 0.385. The van der Waals surface area contributed by atoms with Crippen LogP contribution in [0.5, 0.6) is 0 Å². The lowest BCUT2D eigenvalue weighted by Crippen LogP contribution is -2.34. The van der Waals surface area contributed by atoms with Gasteiger partial charge in [0.15, 0.2) is 0 Å². The van der Waals surface area contributed by atoms with Gasteiger partial charge in [-0.25, -0.2) is 30.3 Å². The van der Waals surface area contributed by atoms with E-state index in [1.165, 1.54) is 20.2 Å². The number of rotatable bonds is 6. The first kappa shape index (κ1) is 17.5. The van der Waals surface area contributed by atoms with E-state index in [-0.39, 0.29) is 6.54 Å². The number of hydrogen-bond acceptors (Lipinski definition) is 5. The predicted octanol–water partition coefficient (Wildman–Crippen LogP) is -0.133. The lowest BCUT2D eigenvalue weighted by molar-refractivity contribution is 0.519. The van der Waals surface area contributed by atoms with Crippen molar-refractivity contribution in [3.05, 3.63) is 29.6 Å². The fourth-order valence-corrected chi connectivity index (χ4v) is 3.45. The van der Waals surface area contributed by atoms with E-state index < -0.39 is 42.1 Å². The largest absolute Gasteiger partial charge is 0.242 e. The van der Waals surface area contributed by atoms with Gasteiger partial charge in [0, 0.05) is 20.6 Å². The molecule has 1 N–H and O–H groups in total. The molecule has 1 aromatic rings. The van der Waals surface area contributed by atoms with E-state index in [0.29, 0.717) is 0 Å². The van der Waals surface area contributed by atoms with E-state index in [1.807, 2.05) is 4.72 Å². The lowest BCUT2D eigenvalue weighted by Gasteiger charge is -2.12. The van der Waals surface area contributed by atoms with Crippen molar-refractivity contribution in [2.75, 3.05) is 26.4 Å². The van der Waals surface area contributed by atoms with Crippen LogP contribution in [0.1, 0.15) is 5.56 Å². The molecule has 0 amide bonds. The standard InChI is InChI=1S/C11H14FN3O4S2/c1-15(2)20(16,17)7-6-14-21(18,19)11-5-3-4-10(12)9(11)8-13/h3-5,14H,6-7H2,1-2H3. The number of benzene rings is 1. The summed E-state index contributed by atoms with van der Waals surface area (Å²) in [5, 5.41) is 8.81. The second kappa shape index (κ2) is 6.48. The molecule has 1 rings (SSSR count). The van der Waals surface area contributed by atoms with Crippen LogP contribution < -0.4 is 4.72 Å². The quantitative estimate of drug-likeness (QED) is 0.779. The highest BCUT2D eigenvalue weighted by Gasteiger charge is 2.22. The lowest BCUT2D eigenvalue weighted by atomic mass is 10.2. The highest BCUT2D eigenvalue weighted by atomic mass is 32.2. The molecule has 116 valence electrons. The molecule has 0 aromatic heterocycles. The van der Waals surface area contributed by atoms with E-state index in [9.17, 15) is 21.2 Å². The van der Waals surface area contributed by atoms with Crippen LogP contribution in [0, 0.1) is 17.1 Å². The Hall–Kier alpha value is -1.54. The minimum atomic E-state index is -4.17. The molecule has 0 bridgehead atoms. The van der Waals surface area contributed by atoms with Crippen molar-refractivity contribution in [2.45, 2.75) is 4.90 Å². The van der Waals surface area contributed by atoms with Crippen molar-refractivity contribution in [3.63, 3.8) is 0 Å². The molecule has 1 aromatic carbocycles. The summed E-state index contributed by atoms with van der Waals surface area (Å²) >= 11 is 0. The maximum absolute atomic E-state index is 13.4. The van der Waals surface area contributed by atoms with E-state index in [0.717, 1.165) is 22.5 Å². The van der Waals surface area contributed by atoms with Gasteiger partial charge in [0.2, 0.25) is 20.0 Å². The number of halogens is 1. The van der Waals surface area contributed by atoms with Crippen LogP contribution in [0.2, 0.25) is 0 Å². The van der Waals surface area contributed by atoms with Crippen LogP contribution in [0.4, 0.5) is 4.39 Å². The highest BCUT2D eigenvalue weighted by Crippen LogP contribution is 2.17. The Morgan fingerprint density at radius 1 is 1.29 bits per heavy atom. The summed E-state index contributed by atoms with van der Waals surface area (Å²) in [6, 6.07) is 4.67. The van der Waals surface area contributed by atoms with Crippen LogP contribution >= 0.6 is 0 Å². The third-order valence-electron chi connectivity index (χ3n) is 2.59. The summed E-state index contributed by atoms with van der Waals surface area (Å²) in [7, 11) is -5.08. The first-order valence-electron chi connectivity index (χ1n) is 5.70.